The molecule has 146 valence electrons. The van der Waals surface area contributed by atoms with Crippen LogP contribution in [0.3, 0.4) is 0 Å². The lowest BCUT2D eigenvalue weighted by Gasteiger charge is -2.23. The minimum absolute atomic E-state index is 0.0580. The van der Waals surface area contributed by atoms with E-state index in [0.717, 1.165) is 21.9 Å². The number of para-hydroxylation sites is 3. The van der Waals surface area contributed by atoms with Gasteiger partial charge in [-0.1, -0.05) is 42.1 Å². The number of benzene rings is 2. The molecule has 0 saturated carbocycles. The standard InChI is InChI=1S/C20H21N3O3S2/c1-22(16-11-12-28(25,26)14-16)19(24)13-27-20-21-17-9-5-6-10-18(17)23(20)15-7-3-2-4-8-15/h2-10,16H,11-14H2,1H3. The van der Waals surface area contributed by atoms with Crippen LogP contribution < -0.4 is 0 Å². The molecule has 1 fully saturated rings. The van der Waals surface area contributed by atoms with Crippen LogP contribution in [0.1, 0.15) is 6.42 Å². The van der Waals surface area contributed by atoms with E-state index in [9.17, 15) is 13.2 Å². The van der Waals surface area contributed by atoms with E-state index >= 15 is 0 Å². The molecule has 0 spiro atoms. The number of aromatic nitrogens is 2. The van der Waals surface area contributed by atoms with E-state index < -0.39 is 9.84 Å². The van der Waals surface area contributed by atoms with Crippen LogP contribution in [0, 0.1) is 0 Å². The first-order valence-electron chi connectivity index (χ1n) is 9.06. The van der Waals surface area contributed by atoms with Gasteiger partial charge in [-0.05, 0) is 30.7 Å². The van der Waals surface area contributed by atoms with Gasteiger partial charge in [-0.25, -0.2) is 13.4 Å². The van der Waals surface area contributed by atoms with Gasteiger partial charge < -0.3 is 4.90 Å². The zero-order valence-electron chi connectivity index (χ0n) is 15.5. The fourth-order valence-corrected chi connectivity index (χ4v) is 6.17. The van der Waals surface area contributed by atoms with Gasteiger partial charge in [0.25, 0.3) is 0 Å². The van der Waals surface area contributed by atoms with Crippen LogP contribution in [0.2, 0.25) is 0 Å². The maximum absolute atomic E-state index is 12.7. The van der Waals surface area contributed by atoms with Gasteiger partial charge in [0.15, 0.2) is 15.0 Å². The molecule has 1 aliphatic rings. The van der Waals surface area contributed by atoms with E-state index in [1.165, 1.54) is 11.8 Å². The quantitative estimate of drug-likeness (QED) is 0.599. The van der Waals surface area contributed by atoms with Crippen molar-refractivity contribution >= 4 is 38.5 Å². The number of fused-ring (bicyclic) bond motifs is 1. The SMILES string of the molecule is CN(C(=O)CSc1nc2ccccc2n1-c1ccccc1)C1CCS(=O)(=O)C1. The summed E-state index contributed by atoms with van der Waals surface area (Å²) in [5, 5.41) is 0.744. The maximum Gasteiger partial charge on any atom is 0.233 e. The number of rotatable bonds is 5. The fourth-order valence-electron chi connectivity index (χ4n) is 3.44. The molecule has 4 rings (SSSR count). The Hall–Kier alpha value is -2.32. The van der Waals surface area contributed by atoms with Crippen LogP contribution in [0.25, 0.3) is 16.7 Å². The van der Waals surface area contributed by atoms with Crippen LogP contribution in [-0.2, 0) is 14.6 Å². The summed E-state index contributed by atoms with van der Waals surface area (Å²) >= 11 is 1.37. The molecule has 1 unspecified atom stereocenters. The first-order chi connectivity index (χ1) is 13.4. The minimum atomic E-state index is -3.02. The lowest BCUT2D eigenvalue weighted by Crippen LogP contribution is -2.38. The van der Waals surface area contributed by atoms with Crippen LogP contribution in [0.4, 0.5) is 0 Å². The summed E-state index contributed by atoms with van der Waals surface area (Å²) in [6.45, 7) is 0. The number of sulfone groups is 1. The summed E-state index contributed by atoms with van der Waals surface area (Å²) in [7, 11) is -1.33. The Bertz CT molecular complexity index is 1110. The van der Waals surface area contributed by atoms with Crippen LogP contribution in [0.15, 0.2) is 59.8 Å². The van der Waals surface area contributed by atoms with Crippen LogP contribution >= 0.6 is 11.8 Å². The number of amides is 1. The van der Waals surface area contributed by atoms with Crippen molar-refractivity contribution in [3.63, 3.8) is 0 Å². The van der Waals surface area contributed by atoms with E-state index in [0.29, 0.717) is 6.42 Å². The molecule has 6 nitrogen and oxygen atoms in total. The second-order valence-corrected chi connectivity index (χ2v) is 10.1. The third kappa shape index (κ3) is 3.79. The van der Waals surface area contributed by atoms with Gasteiger partial charge in [0.2, 0.25) is 5.91 Å². The van der Waals surface area contributed by atoms with Crippen LogP contribution in [-0.4, -0.2) is 59.1 Å². The molecule has 1 saturated heterocycles. The summed E-state index contributed by atoms with van der Waals surface area (Å²) in [6, 6.07) is 17.6. The average Bonchev–Trinajstić information content (AvgIpc) is 3.25. The zero-order chi connectivity index (χ0) is 19.7. The summed E-state index contributed by atoms with van der Waals surface area (Å²) in [5.41, 5.74) is 2.84. The van der Waals surface area contributed by atoms with Crippen molar-refractivity contribution in [2.75, 3.05) is 24.3 Å². The molecule has 2 aromatic carbocycles. The van der Waals surface area contributed by atoms with E-state index in [4.69, 9.17) is 4.98 Å². The Kier molecular flexibility index (Phi) is 5.16. The Balaban J connectivity index is 1.56. The van der Waals surface area contributed by atoms with E-state index in [2.05, 4.69) is 0 Å². The number of carbonyl (C=O) groups is 1. The predicted octanol–water partition coefficient (Wildman–Crippen LogP) is 2.76. The Morgan fingerprint density at radius 1 is 1.18 bits per heavy atom. The van der Waals surface area contributed by atoms with Crippen molar-refractivity contribution in [2.45, 2.75) is 17.6 Å². The average molecular weight is 416 g/mol. The van der Waals surface area contributed by atoms with E-state index in [1.807, 2.05) is 59.2 Å². The number of thioether (sulfide) groups is 1. The molecule has 0 radical (unpaired) electrons. The first kappa shape index (κ1) is 19.0. The first-order valence-corrected chi connectivity index (χ1v) is 11.9. The van der Waals surface area contributed by atoms with Crippen LogP contribution in [0.5, 0.6) is 0 Å². The number of hydrogen-bond acceptors (Lipinski definition) is 5. The molecule has 8 heteroatoms. The number of imidazole rings is 1. The second-order valence-electron chi connectivity index (χ2n) is 6.90. The van der Waals surface area contributed by atoms with Gasteiger partial charge in [0, 0.05) is 18.8 Å². The van der Waals surface area contributed by atoms with Crippen molar-refractivity contribution in [3.05, 3.63) is 54.6 Å². The predicted molar refractivity (Wildman–Crippen MR) is 112 cm³/mol. The Morgan fingerprint density at radius 3 is 2.61 bits per heavy atom. The molecular formula is C20H21N3O3S2. The number of nitrogens with zero attached hydrogens (tertiary/aromatic N) is 3. The lowest BCUT2D eigenvalue weighted by atomic mass is 10.2. The molecule has 1 aromatic heterocycles. The third-order valence-corrected chi connectivity index (χ3v) is 7.69. The summed E-state index contributed by atoms with van der Waals surface area (Å²) in [5.74, 6) is 0.344. The zero-order valence-corrected chi connectivity index (χ0v) is 17.1. The monoisotopic (exact) mass is 415 g/mol. The smallest absolute Gasteiger partial charge is 0.233 e. The minimum Gasteiger partial charge on any atom is -0.341 e. The van der Waals surface area contributed by atoms with E-state index in [1.54, 1.807) is 11.9 Å². The maximum atomic E-state index is 12.7. The second kappa shape index (κ2) is 7.60. The molecule has 3 aromatic rings. The summed E-state index contributed by atoms with van der Waals surface area (Å²) < 4.78 is 25.4. The molecule has 2 heterocycles. The fraction of sp³-hybridized carbons (Fsp3) is 0.300. The molecule has 0 N–H and O–H groups in total. The van der Waals surface area contributed by atoms with Gasteiger partial charge in [0.05, 0.1) is 28.3 Å². The summed E-state index contributed by atoms with van der Waals surface area (Å²) in [6.07, 6.45) is 0.512. The topological polar surface area (TPSA) is 72.3 Å². The van der Waals surface area contributed by atoms with Gasteiger partial charge in [0.1, 0.15) is 0 Å². The highest BCUT2D eigenvalue weighted by atomic mass is 32.2. The molecule has 0 bridgehead atoms. The molecule has 1 amide bonds. The number of hydrogen-bond donors (Lipinski definition) is 0. The van der Waals surface area contributed by atoms with Gasteiger partial charge in [-0.15, -0.1) is 0 Å². The van der Waals surface area contributed by atoms with E-state index in [-0.39, 0.29) is 29.2 Å². The Labute approximate surface area is 168 Å². The van der Waals surface area contributed by atoms with Gasteiger partial charge >= 0.3 is 0 Å². The third-order valence-electron chi connectivity index (χ3n) is 5.02. The highest BCUT2D eigenvalue weighted by Crippen LogP contribution is 2.28. The molecular weight excluding hydrogens is 394 g/mol. The van der Waals surface area contributed by atoms with Gasteiger partial charge in [-0.2, -0.15) is 0 Å². The highest BCUT2D eigenvalue weighted by Gasteiger charge is 2.32. The number of carbonyl (C=O) groups excluding carboxylic acids is 1. The van der Waals surface area contributed by atoms with Crippen molar-refractivity contribution in [1.82, 2.24) is 14.5 Å². The molecule has 0 aliphatic carbocycles. The van der Waals surface area contributed by atoms with Crippen molar-refractivity contribution in [3.8, 4) is 5.69 Å². The van der Waals surface area contributed by atoms with Crippen molar-refractivity contribution in [1.29, 1.82) is 0 Å². The van der Waals surface area contributed by atoms with Crippen molar-refractivity contribution in [2.24, 2.45) is 0 Å². The normalized spacial score (nSPS) is 18.4. The summed E-state index contributed by atoms with van der Waals surface area (Å²) in [4.78, 5) is 18.9. The van der Waals surface area contributed by atoms with Crippen molar-refractivity contribution < 1.29 is 13.2 Å². The Morgan fingerprint density at radius 2 is 1.89 bits per heavy atom. The highest BCUT2D eigenvalue weighted by molar-refractivity contribution is 7.99. The van der Waals surface area contributed by atoms with Gasteiger partial charge in [-0.3, -0.25) is 9.36 Å². The largest absolute Gasteiger partial charge is 0.341 e. The lowest BCUT2D eigenvalue weighted by molar-refractivity contribution is -0.128. The molecule has 28 heavy (non-hydrogen) atoms. The molecule has 1 aliphatic heterocycles. The molecule has 1 atom stereocenters.